The smallest absolute Gasteiger partial charge is 0.362 e. The molecule has 0 saturated heterocycles. The molecule has 0 aliphatic heterocycles. The maximum Gasteiger partial charge on any atom is 0.362 e. The zero-order valence-corrected chi connectivity index (χ0v) is 10.2. The summed E-state index contributed by atoms with van der Waals surface area (Å²) in [6.45, 7) is 2.95. The van der Waals surface area contributed by atoms with Crippen LogP contribution in [0.4, 0.5) is 9.52 Å². The SMILES string of the molecule is CCOC(=O)/C(=N\OC(C)F)c1csc(N)n1. The minimum Gasteiger partial charge on any atom is -0.461 e. The van der Waals surface area contributed by atoms with E-state index in [2.05, 4.69) is 15.0 Å². The summed E-state index contributed by atoms with van der Waals surface area (Å²) in [5.74, 6) is -0.738. The van der Waals surface area contributed by atoms with Crippen LogP contribution in [0.5, 0.6) is 0 Å². The molecule has 1 aromatic heterocycles. The number of halogens is 1. The molecule has 2 N–H and O–H groups in total. The molecule has 1 atom stereocenters. The van der Waals surface area contributed by atoms with Crippen molar-refractivity contribution in [2.45, 2.75) is 20.2 Å². The Morgan fingerprint density at radius 1 is 1.76 bits per heavy atom. The number of aromatic nitrogens is 1. The van der Waals surface area contributed by atoms with Gasteiger partial charge in [0.1, 0.15) is 5.69 Å². The van der Waals surface area contributed by atoms with Gasteiger partial charge in [-0.05, 0) is 6.92 Å². The first-order valence-corrected chi connectivity index (χ1v) is 5.69. The van der Waals surface area contributed by atoms with Crippen LogP contribution in [0.2, 0.25) is 0 Å². The molecule has 0 bridgehead atoms. The fraction of sp³-hybridized carbons (Fsp3) is 0.444. The number of nitrogens with two attached hydrogens (primary N) is 1. The van der Waals surface area contributed by atoms with Crippen molar-refractivity contribution in [1.82, 2.24) is 4.98 Å². The lowest BCUT2D eigenvalue weighted by molar-refractivity contribution is -0.135. The van der Waals surface area contributed by atoms with Crippen molar-refractivity contribution in [2.75, 3.05) is 12.3 Å². The quantitative estimate of drug-likeness (QED) is 0.491. The second-order valence-corrected chi connectivity index (χ2v) is 3.77. The molecule has 0 aliphatic rings. The Hall–Kier alpha value is -1.70. The van der Waals surface area contributed by atoms with Gasteiger partial charge in [-0.25, -0.2) is 9.78 Å². The minimum absolute atomic E-state index is 0.169. The summed E-state index contributed by atoms with van der Waals surface area (Å²) in [7, 11) is 0. The van der Waals surface area contributed by atoms with E-state index in [1.807, 2.05) is 0 Å². The number of carbonyl (C=O) groups is 1. The van der Waals surface area contributed by atoms with Gasteiger partial charge in [0, 0.05) is 12.3 Å². The van der Waals surface area contributed by atoms with Crippen LogP contribution in [0.25, 0.3) is 0 Å². The molecule has 0 radical (unpaired) electrons. The lowest BCUT2D eigenvalue weighted by Crippen LogP contribution is -2.20. The first-order valence-electron chi connectivity index (χ1n) is 4.81. The van der Waals surface area contributed by atoms with Crippen LogP contribution in [0.3, 0.4) is 0 Å². The Kier molecular flexibility index (Phi) is 4.83. The van der Waals surface area contributed by atoms with Crippen molar-refractivity contribution in [3.8, 4) is 0 Å². The number of oxime groups is 1. The maximum absolute atomic E-state index is 12.5. The molecule has 1 heterocycles. The van der Waals surface area contributed by atoms with Crippen molar-refractivity contribution in [2.24, 2.45) is 5.16 Å². The molecule has 0 amide bonds. The van der Waals surface area contributed by atoms with E-state index in [1.165, 1.54) is 5.38 Å². The minimum atomic E-state index is -1.63. The Labute approximate surface area is 101 Å². The number of thiazole rings is 1. The van der Waals surface area contributed by atoms with E-state index in [1.54, 1.807) is 6.92 Å². The molecule has 94 valence electrons. The zero-order chi connectivity index (χ0) is 12.8. The highest BCUT2D eigenvalue weighted by atomic mass is 32.1. The predicted octanol–water partition coefficient (Wildman–Crippen LogP) is 1.32. The summed E-state index contributed by atoms with van der Waals surface area (Å²) in [4.78, 5) is 19.8. The molecular weight excluding hydrogens is 249 g/mol. The van der Waals surface area contributed by atoms with E-state index in [0.717, 1.165) is 18.3 Å². The largest absolute Gasteiger partial charge is 0.461 e. The first-order chi connectivity index (χ1) is 8.04. The van der Waals surface area contributed by atoms with Gasteiger partial charge in [0.2, 0.25) is 5.71 Å². The Morgan fingerprint density at radius 2 is 2.47 bits per heavy atom. The highest BCUT2D eigenvalue weighted by Gasteiger charge is 2.20. The second kappa shape index (κ2) is 6.14. The van der Waals surface area contributed by atoms with Gasteiger partial charge in [-0.1, -0.05) is 5.16 Å². The van der Waals surface area contributed by atoms with Crippen LogP contribution in [-0.4, -0.2) is 29.6 Å². The second-order valence-electron chi connectivity index (χ2n) is 2.88. The number of hydrogen-bond donors (Lipinski definition) is 1. The first kappa shape index (κ1) is 13.4. The number of hydrogen-bond acceptors (Lipinski definition) is 7. The third-order valence-electron chi connectivity index (χ3n) is 1.52. The fourth-order valence-electron chi connectivity index (χ4n) is 0.910. The summed E-state index contributed by atoms with van der Waals surface area (Å²) in [6.07, 6.45) is -1.63. The molecule has 6 nitrogen and oxygen atoms in total. The van der Waals surface area contributed by atoms with Gasteiger partial charge in [-0.3, -0.25) is 0 Å². The topological polar surface area (TPSA) is 86.8 Å². The van der Waals surface area contributed by atoms with Crippen LogP contribution >= 0.6 is 11.3 Å². The van der Waals surface area contributed by atoms with Gasteiger partial charge >= 0.3 is 5.97 Å². The van der Waals surface area contributed by atoms with Crippen molar-refractivity contribution in [3.05, 3.63) is 11.1 Å². The molecule has 1 unspecified atom stereocenters. The standard InChI is InChI=1S/C9H12FN3O3S/c1-3-15-8(14)7(13-16-5(2)10)6-4-17-9(11)12-6/h4-5H,3H2,1-2H3,(H2,11,12)/b13-7-. The van der Waals surface area contributed by atoms with Crippen LogP contribution in [0.15, 0.2) is 10.5 Å². The third kappa shape index (κ3) is 3.99. The Morgan fingerprint density at radius 3 is 2.94 bits per heavy atom. The molecule has 8 heteroatoms. The van der Waals surface area contributed by atoms with Crippen molar-refractivity contribution >= 4 is 28.1 Å². The fourth-order valence-corrected chi connectivity index (χ4v) is 1.46. The number of alkyl halides is 1. The molecule has 0 fully saturated rings. The number of carbonyl (C=O) groups excluding carboxylic acids is 1. The van der Waals surface area contributed by atoms with E-state index < -0.39 is 12.3 Å². The van der Waals surface area contributed by atoms with E-state index in [0.29, 0.717) is 0 Å². The maximum atomic E-state index is 12.5. The molecule has 0 aliphatic carbocycles. The lowest BCUT2D eigenvalue weighted by atomic mass is 10.3. The number of esters is 1. The average molecular weight is 261 g/mol. The van der Waals surface area contributed by atoms with Crippen molar-refractivity contribution in [3.63, 3.8) is 0 Å². The van der Waals surface area contributed by atoms with Gasteiger partial charge in [0.15, 0.2) is 5.13 Å². The van der Waals surface area contributed by atoms with Crippen molar-refractivity contribution < 1.29 is 18.8 Å². The molecule has 17 heavy (non-hydrogen) atoms. The van der Waals surface area contributed by atoms with Gasteiger partial charge in [-0.15, -0.1) is 11.3 Å². The van der Waals surface area contributed by atoms with E-state index >= 15 is 0 Å². The highest BCUT2D eigenvalue weighted by Crippen LogP contribution is 2.13. The molecule has 0 spiro atoms. The van der Waals surface area contributed by atoms with Gasteiger partial charge in [0.05, 0.1) is 6.61 Å². The van der Waals surface area contributed by atoms with Crippen molar-refractivity contribution in [1.29, 1.82) is 0 Å². The number of rotatable bonds is 5. The van der Waals surface area contributed by atoms with E-state index in [4.69, 9.17) is 10.5 Å². The van der Waals surface area contributed by atoms with E-state index in [9.17, 15) is 9.18 Å². The van der Waals surface area contributed by atoms with Gasteiger partial charge in [0.25, 0.3) is 6.36 Å². The number of nitrogen functional groups attached to an aromatic ring is 1. The van der Waals surface area contributed by atoms with E-state index in [-0.39, 0.29) is 23.1 Å². The molecule has 1 aromatic rings. The van der Waals surface area contributed by atoms with Crippen LogP contribution in [0, 0.1) is 0 Å². The summed E-state index contributed by atoms with van der Waals surface area (Å²) in [6, 6.07) is 0. The van der Waals surface area contributed by atoms with Crippen LogP contribution in [-0.2, 0) is 14.4 Å². The predicted molar refractivity (Wildman–Crippen MR) is 61.4 cm³/mol. The zero-order valence-electron chi connectivity index (χ0n) is 9.34. The third-order valence-corrected chi connectivity index (χ3v) is 2.20. The molecule has 0 aromatic carbocycles. The summed E-state index contributed by atoms with van der Waals surface area (Å²) < 4.78 is 17.3. The number of anilines is 1. The molecule has 0 saturated carbocycles. The highest BCUT2D eigenvalue weighted by molar-refractivity contribution is 7.13. The summed E-state index contributed by atoms with van der Waals surface area (Å²) >= 11 is 1.13. The Bertz CT molecular complexity index is 419. The Balaban J connectivity index is 2.94. The lowest BCUT2D eigenvalue weighted by Gasteiger charge is -2.04. The molecular formula is C9H12FN3O3S. The van der Waals surface area contributed by atoms with Gasteiger partial charge < -0.3 is 15.3 Å². The normalized spacial score (nSPS) is 13.2. The van der Waals surface area contributed by atoms with Gasteiger partial charge in [-0.2, -0.15) is 4.39 Å². The number of nitrogens with zero attached hydrogens (tertiary/aromatic N) is 2. The monoisotopic (exact) mass is 261 g/mol. The van der Waals surface area contributed by atoms with Crippen LogP contribution < -0.4 is 5.73 Å². The van der Waals surface area contributed by atoms with Crippen LogP contribution in [0.1, 0.15) is 19.5 Å². The number of ether oxygens (including phenoxy) is 1. The molecule has 1 rings (SSSR count). The summed E-state index contributed by atoms with van der Waals surface area (Å²) in [5.41, 5.74) is 5.43. The summed E-state index contributed by atoms with van der Waals surface area (Å²) in [5, 5.41) is 5.16. The average Bonchev–Trinajstić information content (AvgIpc) is 2.65.